The molecule has 4 nitrogen and oxygen atoms in total. The molecule has 0 spiro atoms. The van der Waals surface area contributed by atoms with Gasteiger partial charge in [0.25, 0.3) is 0 Å². The highest BCUT2D eigenvalue weighted by Crippen LogP contribution is 2.31. The number of esters is 1. The number of aliphatic hydroxyl groups is 1. The van der Waals surface area contributed by atoms with Crippen molar-refractivity contribution in [1.29, 1.82) is 0 Å². The van der Waals surface area contributed by atoms with Gasteiger partial charge in [-0.15, -0.1) is 12.4 Å². The molecule has 2 aromatic carbocycles. The molecule has 0 saturated heterocycles. The molecule has 2 aromatic rings. The summed E-state index contributed by atoms with van der Waals surface area (Å²) in [6.45, 7) is 7.33. The van der Waals surface area contributed by atoms with Crippen LogP contribution in [0.3, 0.4) is 0 Å². The van der Waals surface area contributed by atoms with Crippen LogP contribution in [-0.4, -0.2) is 42.2 Å². The van der Waals surface area contributed by atoms with Gasteiger partial charge in [-0.25, -0.2) is 4.79 Å². The maximum absolute atomic E-state index is 12.8. The van der Waals surface area contributed by atoms with E-state index < -0.39 is 11.6 Å². The maximum atomic E-state index is 12.8. The van der Waals surface area contributed by atoms with E-state index in [1.807, 2.05) is 12.1 Å². The Hall–Kier alpha value is -1.88. The first-order valence-corrected chi connectivity index (χ1v) is 8.85. The third-order valence-electron chi connectivity index (χ3n) is 4.42. The molecule has 0 aliphatic carbocycles. The molecule has 26 heavy (non-hydrogen) atoms. The van der Waals surface area contributed by atoms with E-state index in [2.05, 4.69) is 18.7 Å². The van der Waals surface area contributed by atoms with Gasteiger partial charge in [-0.3, -0.25) is 0 Å². The zero-order valence-electron chi connectivity index (χ0n) is 15.4. The largest absolute Gasteiger partial charge is 0.463 e. The summed E-state index contributed by atoms with van der Waals surface area (Å²) in [6.07, 6.45) is 0.743. The minimum atomic E-state index is -1.79. The normalized spacial score (nSPS) is 11.1. The molecule has 5 heteroatoms. The summed E-state index contributed by atoms with van der Waals surface area (Å²) < 4.78 is 5.44. The molecule has 0 aliphatic rings. The number of benzene rings is 2. The van der Waals surface area contributed by atoms with Crippen molar-refractivity contribution in [2.75, 3.05) is 26.2 Å². The Kier molecular flexibility index (Phi) is 9.35. The molecule has 0 fully saturated rings. The van der Waals surface area contributed by atoms with Gasteiger partial charge in [0.2, 0.25) is 5.60 Å². The van der Waals surface area contributed by atoms with Gasteiger partial charge >= 0.3 is 5.97 Å². The number of hydrogen-bond donors (Lipinski definition) is 1. The van der Waals surface area contributed by atoms with E-state index in [1.54, 1.807) is 48.5 Å². The lowest BCUT2D eigenvalue weighted by Gasteiger charge is -2.27. The second-order valence-electron chi connectivity index (χ2n) is 5.96. The summed E-state index contributed by atoms with van der Waals surface area (Å²) in [5.41, 5.74) is -0.776. The quantitative estimate of drug-likeness (QED) is 0.535. The van der Waals surface area contributed by atoms with Crippen LogP contribution in [0.25, 0.3) is 0 Å². The molecule has 0 atom stereocenters. The molecule has 0 radical (unpaired) electrons. The molecule has 0 unspecified atom stereocenters. The van der Waals surface area contributed by atoms with E-state index in [9.17, 15) is 9.90 Å². The van der Waals surface area contributed by atoms with Gasteiger partial charge in [-0.2, -0.15) is 0 Å². The fraction of sp³-hybridized carbons (Fsp3) is 0.381. The number of hydrogen-bond acceptors (Lipinski definition) is 4. The Labute approximate surface area is 162 Å². The highest BCUT2D eigenvalue weighted by molar-refractivity contribution is 5.85. The first kappa shape index (κ1) is 22.2. The number of nitrogens with zero attached hydrogens (tertiary/aromatic N) is 1. The number of ether oxygens (including phenoxy) is 1. The van der Waals surface area contributed by atoms with Gasteiger partial charge in [0.05, 0.1) is 6.61 Å². The number of carbonyl (C=O) groups excluding carboxylic acids is 1. The Morgan fingerprint density at radius 2 is 1.42 bits per heavy atom. The van der Waals surface area contributed by atoms with Gasteiger partial charge < -0.3 is 14.7 Å². The monoisotopic (exact) mass is 377 g/mol. The standard InChI is InChI=1S/C21H27NO3.ClH/c1-3-22(4-2)16-11-17-25-20(23)21(24,18-12-7-5-8-13-18)19-14-9-6-10-15-19;/h5-10,12-15,24H,3-4,11,16-17H2,1-2H3;1H. The van der Waals surface area contributed by atoms with Gasteiger partial charge in [-0.1, -0.05) is 74.5 Å². The van der Waals surface area contributed by atoms with Crippen molar-refractivity contribution in [2.45, 2.75) is 25.9 Å². The SMILES string of the molecule is CCN(CC)CCCOC(=O)C(O)(c1ccccc1)c1ccccc1.Cl. The molecule has 1 N–H and O–H groups in total. The summed E-state index contributed by atoms with van der Waals surface area (Å²) in [5, 5.41) is 11.2. The topological polar surface area (TPSA) is 49.8 Å². The zero-order chi connectivity index (χ0) is 18.1. The van der Waals surface area contributed by atoms with Crippen molar-refractivity contribution in [3.63, 3.8) is 0 Å². The van der Waals surface area contributed by atoms with Crippen LogP contribution in [0, 0.1) is 0 Å². The van der Waals surface area contributed by atoms with Crippen LogP contribution in [0.1, 0.15) is 31.4 Å². The van der Waals surface area contributed by atoms with Gasteiger partial charge in [0.15, 0.2) is 0 Å². The van der Waals surface area contributed by atoms with Crippen molar-refractivity contribution in [2.24, 2.45) is 0 Å². The first-order valence-electron chi connectivity index (χ1n) is 8.85. The Morgan fingerprint density at radius 1 is 0.962 bits per heavy atom. The molecule has 0 aromatic heterocycles. The van der Waals surface area contributed by atoms with Crippen LogP contribution in [0.15, 0.2) is 60.7 Å². The zero-order valence-corrected chi connectivity index (χ0v) is 16.2. The smallest absolute Gasteiger partial charge is 0.347 e. The van der Waals surface area contributed by atoms with Crippen LogP contribution in [-0.2, 0) is 15.1 Å². The number of halogens is 1. The van der Waals surface area contributed by atoms with Gasteiger partial charge in [0.1, 0.15) is 0 Å². The van der Waals surface area contributed by atoms with E-state index in [0.717, 1.165) is 26.1 Å². The highest BCUT2D eigenvalue weighted by atomic mass is 35.5. The molecule has 0 aliphatic heterocycles. The summed E-state index contributed by atoms with van der Waals surface area (Å²) in [7, 11) is 0. The molecule has 0 bridgehead atoms. The molecule has 0 heterocycles. The third-order valence-corrected chi connectivity index (χ3v) is 4.42. The molecular formula is C21H28ClNO3. The highest BCUT2D eigenvalue weighted by Gasteiger charge is 2.41. The lowest BCUT2D eigenvalue weighted by Crippen LogP contribution is -2.39. The van der Waals surface area contributed by atoms with Crippen LogP contribution in [0.5, 0.6) is 0 Å². The summed E-state index contributed by atoms with van der Waals surface area (Å²) in [6, 6.07) is 17.9. The minimum Gasteiger partial charge on any atom is -0.463 e. The molecular weight excluding hydrogens is 350 g/mol. The summed E-state index contributed by atoms with van der Waals surface area (Å²) in [4.78, 5) is 15.0. The van der Waals surface area contributed by atoms with Crippen molar-refractivity contribution in [1.82, 2.24) is 4.90 Å². The fourth-order valence-corrected chi connectivity index (χ4v) is 2.86. The third kappa shape index (κ3) is 5.31. The van der Waals surface area contributed by atoms with Crippen LogP contribution < -0.4 is 0 Å². The van der Waals surface area contributed by atoms with Crippen molar-refractivity contribution >= 4 is 18.4 Å². The van der Waals surface area contributed by atoms with Crippen molar-refractivity contribution in [3.05, 3.63) is 71.8 Å². The Bertz CT molecular complexity index is 605. The molecule has 2 rings (SSSR count). The van der Waals surface area contributed by atoms with E-state index in [1.165, 1.54) is 0 Å². The van der Waals surface area contributed by atoms with Crippen LogP contribution in [0.2, 0.25) is 0 Å². The second kappa shape index (κ2) is 11.0. The predicted molar refractivity (Wildman–Crippen MR) is 106 cm³/mol. The van der Waals surface area contributed by atoms with Crippen molar-refractivity contribution < 1.29 is 14.6 Å². The average molecular weight is 378 g/mol. The van der Waals surface area contributed by atoms with Crippen LogP contribution >= 0.6 is 12.4 Å². The minimum absolute atomic E-state index is 0. The van der Waals surface area contributed by atoms with Crippen molar-refractivity contribution in [3.8, 4) is 0 Å². The van der Waals surface area contributed by atoms with E-state index in [4.69, 9.17) is 4.74 Å². The number of rotatable bonds is 9. The predicted octanol–water partition coefficient (Wildman–Crippen LogP) is 3.62. The van der Waals surface area contributed by atoms with Crippen LogP contribution in [0.4, 0.5) is 0 Å². The lowest BCUT2D eigenvalue weighted by molar-refractivity contribution is -0.162. The van der Waals surface area contributed by atoms with E-state index in [-0.39, 0.29) is 19.0 Å². The van der Waals surface area contributed by atoms with E-state index in [0.29, 0.717) is 11.1 Å². The molecule has 0 saturated carbocycles. The summed E-state index contributed by atoms with van der Waals surface area (Å²) in [5.74, 6) is -0.635. The second-order valence-corrected chi connectivity index (χ2v) is 5.96. The Balaban J connectivity index is 0.00000338. The average Bonchev–Trinajstić information content (AvgIpc) is 2.68. The lowest BCUT2D eigenvalue weighted by atomic mass is 9.86. The summed E-state index contributed by atoms with van der Waals surface area (Å²) >= 11 is 0. The fourth-order valence-electron chi connectivity index (χ4n) is 2.86. The Morgan fingerprint density at radius 3 is 1.85 bits per heavy atom. The first-order chi connectivity index (χ1) is 12.1. The van der Waals surface area contributed by atoms with Gasteiger partial charge in [-0.05, 0) is 30.6 Å². The molecule has 142 valence electrons. The number of carbonyl (C=O) groups is 1. The molecule has 0 amide bonds. The van der Waals surface area contributed by atoms with Gasteiger partial charge in [0, 0.05) is 6.54 Å². The maximum Gasteiger partial charge on any atom is 0.347 e. The van der Waals surface area contributed by atoms with E-state index >= 15 is 0 Å².